The first kappa shape index (κ1) is 18.2. The van der Waals surface area contributed by atoms with Gasteiger partial charge in [-0.2, -0.15) is 10.1 Å². The average molecular weight is 386 g/mol. The van der Waals surface area contributed by atoms with Crippen LogP contribution in [0.15, 0.2) is 32.1 Å². The van der Waals surface area contributed by atoms with E-state index < -0.39 is 0 Å². The van der Waals surface area contributed by atoms with Crippen molar-refractivity contribution in [2.24, 2.45) is 0 Å². The summed E-state index contributed by atoms with van der Waals surface area (Å²) >= 11 is 0. The fourth-order valence-electron chi connectivity index (χ4n) is 3.22. The molecule has 1 aliphatic rings. The molecule has 0 spiro atoms. The summed E-state index contributed by atoms with van der Waals surface area (Å²) in [5, 5.41) is 11.1. The number of furan rings is 1. The number of rotatable bonds is 8. The van der Waals surface area contributed by atoms with Crippen molar-refractivity contribution >= 4 is 5.91 Å². The van der Waals surface area contributed by atoms with Crippen molar-refractivity contribution in [1.82, 2.24) is 29.8 Å². The molecule has 148 valence electrons. The zero-order valence-electron chi connectivity index (χ0n) is 15.5. The van der Waals surface area contributed by atoms with E-state index in [4.69, 9.17) is 8.94 Å². The molecule has 1 N–H and O–H groups in total. The number of amides is 1. The molecule has 0 aromatic carbocycles. The Morgan fingerprint density at radius 1 is 1.32 bits per heavy atom. The number of aromatic nitrogens is 5. The van der Waals surface area contributed by atoms with Crippen LogP contribution in [0.4, 0.5) is 0 Å². The molecular formula is C18H22N6O4. The molecule has 28 heavy (non-hydrogen) atoms. The van der Waals surface area contributed by atoms with Crippen LogP contribution in [-0.2, 0) is 30.7 Å². The van der Waals surface area contributed by atoms with E-state index in [0.29, 0.717) is 43.4 Å². The zero-order valence-corrected chi connectivity index (χ0v) is 15.5. The van der Waals surface area contributed by atoms with E-state index >= 15 is 0 Å². The molecule has 1 aliphatic heterocycles. The van der Waals surface area contributed by atoms with E-state index in [2.05, 4.69) is 20.6 Å². The van der Waals surface area contributed by atoms with E-state index in [1.807, 2.05) is 0 Å². The molecule has 1 amide bonds. The van der Waals surface area contributed by atoms with Gasteiger partial charge in [-0.05, 0) is 31.4 Å². The Balaban J connectivity index is 1.18. The van der Waals surface area contributed by atoms with Gasteiger partial charge in [0.05, 0.1) is 6.26 Å². The minimum Gasteiger partial charge on any atom is -0.461 e. The van der Waals surface area contributed by atoms with Crippen molar-refractivity contribution in [2.45, 2.75) is 51.6 Å². The Bertz CT molecular complexity index is 984. The monoisotopic (exact) mass is 386 g/mol. The molecular weight excluding hydrogens is 364 g/mol. The van der Waals surface area contributed by atoms with Gasteiger partial charge in [0.1, 0.15) is 5.82 Å². The van der Waals surface area contributed by atoms with Crippen LogP contribution in [0.3, 0.4) is 0 Å². The Kier molecular flexibility index (Phi) is 5.36. The molecule has 4 rings (SSSR count). The minimum atomic E-state index is -0.103. The standard InChI is InChI=1S/C18H22N6O4/c25-15(7-8-16-20-17(22-28-16)13-5-3-12-27-13)19-9-4-11-24-18(26)23-10-2-1-6-14(23)21-24/h3,5,12H,1-2,4,6-11H2,(H,19,25). The number of carbonyl (C=O) groups excluding carboxylic acids is 1. The van der Waals surface area contributed by atoms with Crippen molar-refractivity contribution < 1.29 is 13.7 Å². The lowest BCUT2D eigenvalue weighted by Gasteiger charge is -2.09. The highest BCUT2D eigenvalue weighted by molar-refractivity contribution is 5.75. The quantitative estimate of drug-likeness (QED) is 0.577. The summed E-state index contributed by atoms with van der Waals surface area (Å²) in [7, 11) is 0. The highest BCUT2D eigenvalue weighted by Gasteiger charge is 2.16. The van der Waals surface area contributed by atoms with E-state index in [1.54, 1.807) is 16.7 Å². The number of carbonyl (C=O) groups is 1. The maximum atomic E-state index is 12.2. The summed E-state index contributed by atoms with van der Waals surface area (Å²) in [6.45, 7) is 1.73. The van der Waals surface area contributed by atoms with Crippen LogP contribution in [0.25, 0.3) is 11.6 Å². The molecule has 0 bridgehead atoms. The van der Waals surface area contributed by atoms with Crippen molar-refractivity contribution in [3.63, 3.8) is 0 Å². The van der Waals surface area contributed by atoms with Gasteiger partial charge in [0.2, 0.25) is 17.6 Å². The molecule has 3 aromatic rings. The van der Waals surface area contributed by atoms with Crippen LogP contribution in [-0.4, -0.2) is 36.9 Å². The number of nitrogens with zero attached hydrogens (tertiary/aromatic N) is 5. The summed E-state index contributed by atoms with van der Waals surface area (Å²) in [5.74, 6) is 2.05. The molecule has 0 radical (unpaired) electrons. The maximum Gasteiger partial charge on any atom is 0.345 e. The third-order valence-electron chi connectivity index (χ3n) is 4.68. The van der Waals surface area contributed by atoms with Crippen LogP contribution in [0.5, 0.6) is 0 Å². The molecule has 10 nitrogen and oxygen atoms in total. The smallest absolute Gasteiger partial charge is 0.345 e. The largest absolute Gasteiger partial charge is 0.461 e. The Labute approximate surface area is 160 Å². The van der Waals surface area contributed by atoms with Gasteiger partial charge in [0.25, 0.3) is 0 Å². The predicted molar refractivity (Wildman–Crippen MR) is 97.4 cm³/mol. The minimum absolute atomic E-state index is 0.0511. The number of nitrogens with one attached hydrogen (secondary N) is 1. The van der Waals surface area contributed by atoms with Crippen LogP contribution in [0.1, 0.15) is 37.4 Å². The van der Waals surface area contributed by atoms with E-state index in [0.717, 1.165) is 31.6 Å². The molecule has 0 unspecified atom stereocenters. The third-order valence-corrected chi connectivity index (χ3v) is 4.68. The maximum absolute atomic E-state index is 12.2. The fourth-order valence-corrected chi connectivity index (χ4v) is 3.22. The van der Waals surface area contributed by atoms with Crippen LogP contribution >= 0.6 is 0 Å². The van der Waals surface area contributed by atoms with Gasteiger partial charge in [-0.1, -0.05) is 5.16 Å². The summed E-state index contributed by atoms with van der Waals surface area (Å²) < 4.78 is 13.6. The summed E-state index contributed by atoms with van der Waals surface area (Å²) in [6.07, 6.45) is 5.74. The van der Waals surface area contributed by atoms with Crippen LogP contribution in [0.2, 0.25) is 0 Å². The normalized spacial score (nSPS) is 13.4. The summed E-state index contributed by atoms with van der Waals surface area (Å²) in [6, 6.07) is 3.48. The molecule has 0 atom stereocenters. The first-order valence-corrected chi connectivity index (χ1v) is 9.50. The van der Waals surface area contributed by atoms with E-state index in [-0.39, 0.29) is 18.0 Å². The van der Waals surface area contributed by atoms with Gasteiger partial charge >= 0.3 is 5.69 Å². The van der Waals surface area contributed by atoms with Crippen LogP contribution < -0.4 is 11.0 Å². The van der Waals surface area contributed by atoms with Crippen molar-refractivity contribution in [1.29, 1.82) is 0 Å². The highest BCUT2D eigenvalue weighted by Crippen LogP contribution is 2.16. The predicted octanol–water partition coefficient (Wildman–Crippen LogP) is 1.16. The van der Waals surface area contributed by atoms with Crippen molar-refractivity contribution in [3.05, 3.63) is 40.6 Å². The third kappa shape index (κ3) is 4.05. The molecule has 3 aromatic heterocycles. The highest BCUT2D eigenvalue weighted by atomic mass is 16.5. The topological polar surface area (TPSA) is 121 Å². The lowest BCUT2D eigenvalue weighted by molar-refractivity contribution is -0.121. The van der Waals surface area contributed by atoms with Gasteiger partial charge in [-0.3, -0.25) is 9.36 Å². The Hall–Kier alpha value is -3.17. The van der Waals surface area contributed by atoms with Gasteiger partial charge in [-0.25, -0.2) is 9.48 Å². The number of hydrogen-bond donors (Lipinski definition) is 1. The molecule has 0 saturated heterocycles. The van der Waals surface area contributed by atoms with Crippen molar-refractivity contribution in [2.75, 3.05) is 6.54 Å². The molecule has 4 heterocycles. The van der Waals surface area contributed by atoms with Crippen LogP contribution in [0, 0.1) is 0 Å². The molecule has 0 saturated carbocycles. The second-order valence-electron chi connectivity index (χ2n) is 6.72. The first-order valence-electron chi connectivity index (χ1n) is 9.50. The molecule has 0 aliphatic carbocycles. The lowest BCUT2D eigenvalue weighted by atomic mass is 10.2. The van der Waals surface area contributed by atoms with Gasteiger partial charge < -0.3 is 14.3 Å². The number of aryl methyl sites for hydroxylation is 3. The van der Waals surface area contributed by atoms with Gasteiger partial charge in [-0.15, -0.1) is 0 Å². The Morgan fingerprint density at radius 3 is 3.07 bits per heavy atom. The average Bonchev–Trinajstić information content (AvgIpc) is 3.44. The second kappa shape index (κ2) is 8.24. The van der Waals surface area contributed by atoms with Gasteiger partial charge in [0.15, 0.2) is 5.76 Å². The first-order chi connectivity index (χ1) is 13.7. The van der Waals surface area contributed by atoms with E-state index in [1.165, 1.54) is 10.9 Å². The van der Waals surface area contributed by atoms with E-state index in [9.17, 15) is 9.59 Å². The summed E-state index contributed by atoms with van der Waals surface area (Å²) in [4.78, 5) is 28.4. The molecule has 10 heteroatoms. The Morgan fingerprint density at radius 2 is 2.25 bits per heavy atom. The lowest BCUT2D eigenvalue weighted by Crippen LogP contribution is -2.29. The van der Waals surface area contributed by atoms with Gasteiger partial charge in [0, 0.05) is 38.9 Å². The fraction of sp³-hybridized carbons (Fsp3) is 0.500. The second-order valence-corrected chi connectivity index (χ2v) is 6.72. The summed E-state index contributed by atoms with van der Waals surface area (Å²) in [5.41, 5.74) is -0.0511. The van der Waals surface area contributed by atoms with Crippen molar-refractivity contribution in [3.8, 4) is 11.6 Å². The number of fused-ring (bicyclic) bond motifs is 1. The number of hydrogen-bond acceptors (Lipinski definition) is 7. The molecule has 0 fully saturated rings. The SMILES string of the molecule is O=C(CCc1nc(-c2ccco2)no1)NCCCn1nc2n(c1=O)CCCC2. The zero-order chi connectivity index (χ0) is 19.3.